The first kappa shape index (κ1) is 14.6. The Bertz CT molecular complexity index is 299. The summed E-state index contributed by atoms with van der Waals surface area (Å²) in [5.41, 5.74) is 0. The topological polar surface area (TPSA) is 30.9 Å². The van der Waals surface area contributed by atoms with Gasteiger partial charge in [-0.1, -0.05) is 13.8 Å². The van der Waals surface area contributed by atoms with Crippen LogP contribution in [0.5, 0.6) is 0 Å². The maximum atomic E-state index is 4.44. The molecule has 1 N–H and O–H groups in total. The van der Waals surface area contributed by atoms with Crippen LogP contribution in [0.4, 0.5) is 0 Å². The highest BCUT2D eigenvalue weighted by atomic mass is 15.3. The molecular weight excluding hydrogens is 236 g/mol. The molecule has 4 heteroatoms. The predicted octanol–water partition coefficient (Wildman–Crippen LogP) is 1.78. The highest BCUT2D eigenvalue weighted by Crippen LogP contribution is 2.25. The molecule has 19 heavy (non-hydrogen) atoms. The largest absolute Gasteiger partial charge is 0.355 e. The molecule has 0 aromatic rings. The minimum absolute atomic E-state index is 0.797. The van der Waals surface area contributed by atoms with Crippen LogP contribution in [0.15, 0.2) is 4.99 Å². The lowest BCUT2D eigenvalue weighted by atomic mass is 10.0. The summed E-state index contributed by atoms with van der Waals surface area (Å²) in [5, 5.41) is 3.54. The van der Waals surface area contributed by atoms with Gasteiger partial charge in [0.25, 0.3) is 0 Å². The van der Waals surface area contributed by atoms with Crippen molar-refractivity contribution in [2.45, 2.75) is 45.6 Å². The van der Waals surface area contributed by atoms with Gasteiger partial charge in [-0.15, -0.1) is 0 Å². The Hall–Kier alpha value is -0.770. The Morgan fingerprint density at radius 1 is 1.37 bits per heavy atom. The Morgan fingerprint density at radius 2 is 2.16 bits per heavy atom. The summed E-state index contributed by atoms with van der Waals surface area (Å²) in [7, 11) is 1.90. The second-order valence-electron chi connectivity index (χ2n) is 6.03. The third-order valence-corrected chi connectivity index (χ3v) is 4.32. The van der Waals surface area contributed by atoms with E-state index in [4.69, 9.17) is 0 Å². The lowest BCUT2D eigenvalue weighted by molar-refractivity contribution is 0.258. The number of aliphatic imine (C=N–C) groups is 1. The first-order valence-corrected chi connectivity index (χ1v) is 7.94. The normalized spacial score (nSPS) is 24.9. The number of guanidine groups is 1. The standard InChI is InChI=1S/C15H30N4/c1-4-18(14-7-8-14)11-9-17-15(16-3)19-10-5-6-13(2)12-19/h13-14H,4-12H2,1-3H3,(H,16,17). The van der Waals surface area contributed by atoms with E-state index in [1.54, 1.807) is 0 Å². The van der Waals surface area contributed by atoms with Crippen LogP contribution in [-0.4, -0.2) is 61.6 Å². The van der Waals surface area contributed by atoms with Crippen molar-refractivity contribution in [2.24, 2.45) is 10.9 Å². The summed E-state index contributed by atoms with van der Waals surface area (Å²) in [6.07, 6.45) is 5.45. The monoisotopic (exact) mass is 266 g/mol. The highest BCUT2D eigenvalue weighted by molar-refractivity contribution is 5.79. The number of piperidine rings is 1. The minimum atomic E-state index is 0.797. The van der Waals surface area contributed by atoms with Crippen molar-refractivity contribution in [1.82, 2.24) is 15.1 Å². The maximum absolute atomic E-state index is 4.44. The molecule has 1 atom stereocenters. The van der Waals surface area contributed by atoms with E-state index in [9.17, 15) is 0 Å². The number of hydrogen-bond acceptors (Lipinski definition) is 2. The van der Waals surface area contributed by atoms with E-state index >= 15 is 0 Å². The van der Waals surface area contributed by atoms with Gasteiger partial charge in [-0.05, 0) is 38.1 Å². The first-order chi connectivity index (χ1) is 9.24. The number of rotatable bonds is 5. The summed E-state index contributed by atoms with van der Waals surface area (Å²) in [5.74, 6) is 1.89. The van der Waals surface area contributed by atoms with E-state index in [0.717, 1.165) is 44.1 Å². The smallest absolute Gasteiger partial charge is 0.193 e. The Morgan fingerprint density at radius 3 is 2.74 bits per heavy atom. The van der Waals surface area contributed by atoms with Crippen molar-refractivity contribution in [1.29, 1.82) is 0 Å². The number of likely N-dealkylation sites (N-methyl/N-ethyl adjacent to an activating group) is 1. The molecule has 0 radical (unpaired) electrons. The number of nitrogens with one attached hydrogen (secondary N) is 1. The van der Waals surface area contributed by atoms with Crippen molar-refractivity contribution < 1.29 is 0 Å². The molecule has 1 saturated carbocycles. The van der Waals surface area contributed by atoms with E-state index in [1.165, 1.54) is 32.2 Å². The molecule has 1 aliphatic carbocycles. The molecule has 4 nitrogen and oxygen atoms in total. The zero-order chi connectivity index (χ0) is 13.7. The van der Waals surface area contributed by atoms with E-state index < -0.39 is 0 Å². The third kappa shape index (κ3) is 4.37. The summed E-state index contributed by atoms with van der Waals surface area (Å²) >= 11 is 0. The predicted molar refractivity (Wildman–Crippen MR) is 81.6 cm³/mol. The zero-order valence-corrected chi connectivity index (χ0v) is 12.9. The fourth-order valence-electron chi connectivity index (χ4n) is 3.06. The summed E-state index contributed by atoms with van der Waals surface area (Å²) in [4.78, 5) is 9.44. The lowest BCUT2D eigenvalue weighted by Gasteiger charge is -2.33. The number of nitrogens with zero attached hydrogens (tertiary/aromatic N) is 3. The third-order valence-electron chi connectivity index (χ3n) is 4.32. The molecule has 0 aromatic carbocycles. The molecule has 2 rings (SSSR count). The summed E-state index contributed by atoms with van der Waals surface area (Å²) < 4.78 is 0. The molecule has 1 heterocycles. The maximum Gasteiger partial charge on any atom is 0.193 e. The highest BCUT2D eigenvalue weighted by Gasteiger charge is 2.27. The van der Waals surface area contributed by atoms with Crippen molar-refractivity contribution in [2.75, 3.05) is 39.8 Å². The van der Waals surface area contributed by atoms with Gasteiger partial charge in [0, 0.05) is 39.3 Å². The van der Waals surface area contributed by atoms with Gasteiger partial charge in [0.1, 0.15) is 0 Å². The van der Waals surface area contributed by atoms with Gasteiger partial charge in [0.2, 0.25) is 0 Å². The summed E-state index contributed by atoms with van der Waals surface area (Å²) in [6, 6.07) is 0.865. The molecule has 2 fully saturated rings. The van der Waals surface area contributed by atoms with E-state index in [1.807, 2.05) is 7.05 Å². The van der Waals surface area contributed by atoms with Crippen LogP contribution in [0.3, 0.4) is 0 Å². The fraction of sp³-hybridized carbons (Fsp3) is 0.933. The Balaban J connectivity index is 1.72. The lowest BCUT2D eigenvalue weighted by Crippen LogP contribution is -2.48. The van der Waals surface area contributed by atoms with Crippen LogP contribution in [0.1, 0.15) is 39.5 Å². The molecule has 0 aromatic heterocycles. The van der Waals surface area contributed by atoms with Crippen molar-refractivity contribution in [3.63, 3.8) is 0 Å². The van der Waals surface area contributed by atoms with Crippen LogP contribution in [-0.2, 0) is 0 Å². The van der Waals surface area contributed by atoms with Crippen LogP contribution >= 0.6 is 0 Å². The average molecular weight is 266 g/mol. The molecule has 1 aliphatic heterocycles. The van der Waals surface area contributed by atoms with Gasteiger partial charge in [-0.3, -0.25) is 9.89 Å². The quantitative estimate of drug-likeness (QED) is 0.608. The summed E-state index contributed by atoms with van der Waals surface area (Å²) in [6.45, 7) is 10.2. The number of likely N-dealkylation sites (tertiary alicyclic amines) is 1. The van der Waals surface area contributed by atoms with Crippen LogP contribution in [0.25, 0.3) is 0 Å². The molecule has 0 bridgehead atoms. The Labute approximate surface area is 118 Å². The minimum Gasteiger partial charge on any atom is -0.355 e. The van der Waals surface area contributed by atoms with Crippen LogP contribution in [0, 0.1) is 5.92 Å². The van der Waals surface area contributed by atoms with Crippen LogP contribution < -0.4 is 5.32 Å². The van der Waals surface area contributed by atoms with Gasteiger partial charge in [0.05, 0.1) is 0 Å². The van der Waals surface area contributed by atoms with Gasteiger partial charge in [-0.2, -0.15) is 0 Å². The van der Waals surface area contributed by atoms with Crippen molar-refractivity contribution in [3.05, 3.63) is 0 Å². The van der Waals surface area contributed by atoms with E-state index in [2.05, 4.69) is 34.0 Å². The molecule has 0 amide bonds. The molecule has 1 unspecified atom stereocenters. The fourth-order valence-corrected chi connectivity index (χ4v) is 3.06. The van der Waals surface area contributed by atoms with E-state index in [-0.39, 0.29) is 0 Å². The number of hydrogen-bond donors (Lipinski definition) is 1. The zero-order valence-electron chi connectivity index (χ0n) is 12.9. The molecule has 0 spiro atoms. The van der Waals surface area contributed by atoms with Gasteiger partial charge in [-0.25, -0.2) is 0 Å². The second kappa shape index (κ2) is 7.13. The van der Waals surface area contributed by atoms with Crippen molar-refractivity contribution in [3.8, 4) is 0 Å². The van der Waals surface area contributed by atoms with E-state index in [0.29, 0.717) is 0 Å². The molecule has 110 valence electrons. The SMILES string of the molecule is CCN(CCNC(=NC)N1CCCC(C)C1)C1CC1. The van der Waals surface area contributed by atoms with Gasteiger partial charge in [0.15, 0.2) is 5.96 Å². The van der Waals surface area contributed by atoms with Gasteiger partial charge >= 0.3 is 0 Å². The molecular formula is C15H30N4. The molecule has 1 saturated heterocycles. The second-order valence-corrected chi connectivity index (χ2v) is 6.03. The van der Waals surface area contributed by atoms with Crippen LogP contribution in [0.2, 0.25) is 0 Å². The first-order valence-electron chi connectivity index (χ1n) is 7.94. The van der Waals surface area contributed by atoms with Crippen molar-refractivity contribution >= 4 is 5.96 Å². The van der Waals surface area contributed by atoms with Gasteiger partial charge < -0.3 is 10.2 Å². The average Bonchev–Trinajstić information content (AvgIpc) is 3.23. The molecule has 2 aliphatic rings. The Kier molecular flexibility index (Phi) is 5.49.